The molecule has 1 heterocycles. The van der Waals surface area contributed by atoms with Crippen LogP contribution < -0.4 is 19.5 Å². The van der Waals surface area contributed by atoms with Gasteiger partial charge in [-0.1, -0.05) is 0 Å². The third-order valence-electron chi connectivity index (χ3n) is 3.39. The minimum Gasteiger partial charge on any atom is -0.493 e. The molecule has 1 aromatic carbocycles. The predicted octanol–water partition coefficient (Wildman–Crippen LogP) is 2.58. The molecule has 0 saturated carbocycles. The number of nitrogens with zero attached hydrogens (tertiary/aromatic N) is 2. The zero-order chi connectivity index (χ0) is 18.6. The van der Waals surface area contributed by atoms with Gasteiger partial charge in [0.05, 0.1) is 26.3 Å². The summed E-state index contributed by atoms with van der Waals surface area (Å²) >= 11 is 0. The summed E-state index contributed by atoms with van der Waals surface area (Å²) in [7, 11) is 3.92. The van der Waals surface area contributed by atoms with Crippen LogP contribution in [-0.4, -0.2) is 37.1 Å². The second-order valence-electron chi connectivity index (χ2n) is 4.97. The first-order valence-corrected chi connectivity index (χ1v) is 7.14. The summed E-state index contributed by atoms with van der Waals surface area (Å²) in [4.78, 5) is 27.4. The maximum atomic E-state index is 12.6. The molecule has 9 nitrogen and oxygen atoms in total. The summed E-state index contributed by atoms with van der Waals surface area (Å²) in [6.45, 7) is 1.83. The lowest BCUT2D eigenvalue weighted by atomic mass is 10.1. The molecule has 0 aliphatic carbocycles. The van der Waals surface area contributed by atoms with E-state index in [-0.39, 0.29) is 28.6 Å². The van der Waals surface area contributed by atoms with Gasteiger partial charge in [0.25, 0.3) is 5.91 Å². The van der Waals surface area contributed by atoms with E-state index in [4.69, 9.17) is 14.2 Å². The molecule has 2 rings (SSSR count). The average Bonchev–Trinajstić information content (AvgIpc) is 2.59. The molecule has 25 heavy (non-hydrogen) atoms. The lowest BCUT2D eigenvalue weighted by molar-refractivity contribution is -0.386. The predicted molar refractivity (Wildman–Crippen MR) is 89.7 cm³/mol. The molecular weight excluding hydrogens is 330 g/mol. The Labute approximate surface area is 143 Å². The zero-order valence-corrected chi connectivity index (χ0v) is 14.2. The number of carbonyl (C=O) groups excluding carboxylic acids is 1. The minimum absolute atomic E-state index is 0.0296. The third-order valence-corrected chi connectivity index (χ3v) is 3.39. The number of nitro benzene ring substituents is 1. The fraction of sp³-hybridized carbons (Fsp3) is 0.250. The van der Waals surface area contributed by atoms with Crippen LogP contribution in [0.4, 0.5) is 11.5 Å². The topological polar surface area (TPSA) is 113 Å². The Morgan fingerprint density at radius 3 is 2.36 bits per heavy atom. The Bertz CT molecular complexity index is 822. The zero-order valence-electron chi connectivity index (χ0n) is 14.2. The molecule has 0 radical (unpaired) electrons. The molecule has 9 heteroatoms. The number of nitrogens with one attached hydrogen (secondary N) is 1. The van der Waals surface area contributed by atoms with Crippen molar-refractivity contribution < 1.29 is 23.9 Å². The standard InChI is InChI=1S/C16H17N3O6/c1-9-5-6-17-12(7-9)18-16(20)10-8-11(23-2)14(24-3)15(25-4)13(10)19(21)22/h5-8H,1-4H3,(H,17,18,20). The number of nitro groups is 1. The van der Waals surface area contributed by atoms with E-state index in [0.29, 0.717) is 0 Å². The normalized spacial score (nSPS) is 10.1. The van der Waals surface area contributed by atoms with E-state index in [1.54, 1.807) is 12.1 Å². The number of carbonyl (C=O) groups is 1. The van der Waals surface area contributed by atoms with Gasteiger partial charge in [-0.2, -0.15) is 0 Å². The van der Waals surface area contributed by atoms with Crippen molar-refractivity contribution in [3.8, 4) is 17.2 Å². The van der Waals surface area contributed by atoms with Crippen molar-refractivity contribution in [1.82, 2.24) is 4.98 Å². The molecule has 0 atom stereocenters. The molecule has 132 valence electrons. The Hall–Kier alpha value is -3.36. The fourth-order valence-electron chi connectivity index (χ4n) is 2.28. The van der Waals surface area contributed by atoms with Crippen LogP contribution in [0, 0.1) is 17.0 Å². The van der Waals surface area contributed by atoms with Crippen molar-refractivity contribution in [2.75, 3.05) is 26.6 Å². The van der Waals surface area contributed by atoms with Crippen LogP contribution in [-0.2, 0) is 0 Å². The quantitative estimate of drug-likeness (QED) is 0.631. The van der Waals surface area contributed by atoms with Crippen molar-refractivity contribution >= 4 is 17.4 Å². The van der Waals surface area contributed by atoms with Crippen LogP contribution >= 0.6 is 0 Å². The number of benzene rings is 1. The Kier molecular flexibility index (Phi) is 5.38. The molecular formula is C16H17N3O6. The largest absolute Gasteiger partial charge is 0.493 e. The molecule has 0 aliphatic heterocycles. The van der Waals surface area contributed by atoms with E-state index in [1.807, 2.05) is 6.92 Å². The van der Waals surface area contributed by atoms with Gasteiger partial charge in [0.2, 0.25) is 11.5 Å². The van der Waals surface area contributed by atoms with E-state index in [9.17, 15) is 14.9 Å². The van der Waals surface area contributed by atoms with Crippen LogP contribution in [0.5, 0.6) is 17.2 Å². The second kappa shape index (κ2) is 7.47. The van der Waals surface area contributed by atoms with Crippen LogP contribution in [0.2, 0.25) is 0 Å². The first kappa shape index (κ1) is 18.0. The molecule has 0 spiro atoms. The van der Waals surface area contributed by atoms with Crippen molar-refractivity contribution in [3.63, 3.8) is 0 Å². The van der Waals surface area contributed by atoms with Crippen molar-refractivity contribution in [2.45, 2.75) is 6.92 Å². The highest BCUT2D eigenvalue weighted by Crippen LogP contribution is 2.46. The highest BCUT2D eigenvalue weighted by atomic mass is 16.6. The molecule has 0 unspecified atom stereocenters. The van der Waals surface area contributed by atoms with Gasteiger partial charge in [-0.05, 0) is 24.6 Å². The van der Waals surface area contributed by atoms with Gasteiger partial charge >= 0.3 is 5.69 Å². The smallest absolute Gasteiger partial charge is 0.327 e. The lowest BCUT2D eigenvalue weighted by Gasteiger charge is -2.14. The first-order chi connectivity index (χ1) is 11.9. The van der Waals surface area contributed by atoms with Gasteiger partial charge in [-0.3, -0.25) is 14.9 Å². The molecule has 0 fully saturated rings. The number of ether oxygens (including phenoxy) is 3. The summed E-state index contributed by atoms with van der Waals surface area (Å²) in [5, 5.41) is 14.0. The number of hydrogen-bond donors (Lipinski definition) is 1. The monoisotopic (exact) mass is 347 g/mol. The third kappa shape index (κ3) is 3.60. The number of methoxy groups -OCH3 is 3. The van der Waals surface area contributed by atoms with Crippen LogP contribution in [0.15, 0.2) is 24.4 Å². The van der Waals surface area contributed by atoms with Crippen LogP contribution in [0.25, 0.3) is 0 Å². The maximum Gasteiger partial charge on any atom is 0.327 e. The van der Waals surface area contributed by atoms with Crippen LogP contribution in [0.3, 0.4) is 0 Å². The number of aryl methyl sites for hydroxylation is 1. The van der Waals surface area contributed by atoms with Gasteiger partial charge in [-0.15, -0.1) is 0 Å². The summed E-state index contributed by atoms with van der Waals surface area (Å²) < 4.78 is 15.4. The van der Waals surface area contributed by atoms with Gasteiger partial charge in [0.1, 0.15) is 11.4 Å². The number of aromatic nitrogens is 1. The summed E-state index contributed by atoms with van der Waals surface area (Å²) in [5.41, 5.74) is 0.123. The van der Waals surface area contributed by atoms with E-state index in [2.05, 4.69) is 10.3 Å². The van der Waals surface area contributed by atoms with Crippen molar-refractivity contribution in [3.05, 3.63) is 45.6 Å². The molecule has 0 saturated heterocycles. The summed E-state index contributed by atoms with van der Waals surface area (Å²) in [5.74, 6) is -0.486. The molecule has 1 aromatic heterocycles. The van der Waals surface area contributed by atoms with E-state index < -0.39 is 16.5 Å². The Balaban J connectivity index is 2.58. The number of rotatable bonds is 6. The Morgan fingerprint density at radius 1 is 1.16 bits per heavy atom. The first-order valence-electron chi connectivity index (χ1n) is 7.14. The van der Waals surface area contributed by atoms with Crippen molar-refractivity contribution in [1.29, 1.82) is 0 Å². The van der Waals surface area contributed by atoms with Gasteiger partial charge in [-0.25, -0.2) is 4.98 Å². The highest BCUT2D eigenvalue weighted by molar-refractivity contribution is 6.08. The van der Waals surface area contributed by atoms with Crippen LogP contribution in [0.1, 0.15) is 15.9 Å². The number of pyridine rings is 1. The van der Waals surface area contributed by atoms with E-state index >= 15 is 0 Å². The number of amides is 1. The molecule has 2 aromatic rings. The van der Waals surface area contributed by atoms with Gasteiger partial charge in [0.15, 0.2) is 5.75 Å². The second-order valence-corrected chi connectivity index (χ2v) is 4.97. The minimum atomic E-state index is -0.718. The highest BCUT2D eigenvalue weighted by Gasteiger charge is 2.32. The van der Waals surface area contributed by atoms with Gasteiger partial charge < -0.3 is 19.5 Å². The van der Waals surface area contributed by atoms with E-state index in [1.165, 1.54) is 33.6 Å². The fourth-order valence-corrected chi connectivity index (χ4v) is 2.28. The lowest BCUT2D eigenvalue weighted by Crippen LogP contribution is -2.16. The maximum absolute atomic E-state index is 12.6. The summed E-state index contributed by atoms with van der Waals surface area (Å²) in [6.07, 6.45) is 1.52. The SMILES string of the molecule is COc1cc(C(=O)Nc2cc(C)ccn2)c([N+](=O)[O-])c(OC)c1OC. The number of hydrogen-bond acceptors (Lipinski definition) is 7. The molecule has 0 bridgehead atoms. The molecule has 1 N–H and O–H groups in total. The summed E-state index contributed by atoms with van der Waals surface area (Å²) in [6, 6.07) is 4.63. The van der Waals surface area contributed by atoms with E-state index in [0.717, 1.165) is 5.56 Å². The molecule has 1 amide bonds. The van der Waals surface area contributed by atoms with Gasteiger partial charge in [0, 0.05) is 12.3 Å². The molecule has 0 aliphatic rings. The Morgan fingerprint density at radius 2 is 1.84 bits per heavy atom. The van der Waals surface area contributed by atoms with Crippen molar-refractivity contribution in [2.24, 2.45) is 0 Å². The average molecular weight is 347 g/mol. The number of anilines is 1.